The Hall–Kier alpha value is -5.31. The maximum absolute atomic E-state index is 7.02. The predicted octanol–water partition coefficient (Wildman–Crippen LogP) is 15.7. The van der Waals surface area contributed by atoms with Crippen LogP contribution in [0.15, 0.2) is 128 Å². The Bertz CT molecular complexity index is 2630. The minimum atomic E-state index is 0.137. The fourth-order valence-corrected chi connectivity index (χ4v) is 11.4. The summed E-state index contributed by atoms with van der Waals surface area (Å²) in [6.07, 6.45) is 6.40. The SMILES string of the molecule is Cc1cc(-c2ccc3c(c2)C(C)(C)CC3(C)C)ncc1-c1ccccc1-c1cc(Cl)cc(-c2ccccc2-c2cnc(-c3ccc4c(c3)C(C)(C)CC4(C)C)cc2C)c1. The average molecular weight is 792 g/mol. The number of hydrogen-bond donors (Lipinski definition) is 0. The summed E-state index contributed by atoms with van der Waals surface area (Å²) in [6, 6.07) is 42.1. The van der Waals surface area contributed by atoms with Gasteiger partial charge in [0.05, 0.1) is 11.4 Å². The molecule has 2 aliphatic rings. The molecule has 5 aromatic carbocycles. The summed E-state index contributed by atoms with van der Waals surface area (Å²) in [7, 11) is 0. The molecule has 59 heavy (non-hydrogen) atoms. The van der Waals surface area contributed by atoms with Crippen LogP contribution in [0.3, 0.4) is 0 Å². The van der Waals surface area contributed by atoms with Crippen LogP contribution in [0.25, 0.3) is 67.0 Å². The molecule has 2 aliphatic carbocycles. The monoisotopic (exact) mass is 790 g/mol. The molecular weight excluding hydrogens is 736 g/mol. The maximum atomic E-state index is 7.02. The van der Waals surface area contributed by atoms with Gasteiger partial charge in [0.1, 0.15) is 0 Å². The zero-order valence-corrected chi connectivity index (χ0v) is 37.1. The Balaban J connectivity index is 1.06. The van der Waals surface area contributed by atoms with Crippen molar-refractivity contribution in [3.63, 3.8) is 0 Å². The number of nitrogens with zero attached hydrogens (tertiary/aromatic N) is 2. The van der Waals surface area contributed by atoms with Crippen LogP contribution in [0.2, 0.25) is 5.02 Å². The third kappa shape index (κ3) is 6.84. The fraction of sp³-hybridized carbons (Fsp3) is 0.286. The minimum Gasteiger partial charge on any atom is -0.256 e. The highest BCUT2D eigenvalue weighted by molar-refractivity contribution is 6.31. The van der Waals surface area contributed by atoms with Crippen molar-refractivity contribution in [2.45, 2.75) is 104 Å². The van der Waals surface area contributed by atoms with Crippen LogP contribution in [0.4, 0.5) is 0 Å². The number of aryl methyl sites for hydroxylation is 2. The maximum Gasteiger partial charge on any atom is 0.0705 e. The molecule has 0 saturated carbocycles. The molecule has 2 heterocycles. The molecule has 7 aromatic rings. The van der Waals surface area contributed by atoms with E-state index >= 15 is 0 Å². The molecule has 0 N–H and O–H groups in total. The number of benzene rings is 5. The minimum absolute atomic E-state index is 0.137. The standard InChI is InChI=1S/C56H55ClN2/c1-34-23-51(36-19-21-47-49(28-36)55(7,8)32-53(47,3)4)58-30-45(34)43-17-13-11-15-41(43)38-25-39(27-40(57)26-38)42-16-12-14-18-44(42)46-31-59-52(24-35(46)2)37-20-22-48-50(29-37)56(9,10)33-54(48,5)6/h11-31H,32-33H2,1-10H3. The second kappa shape index (κ2) is 13.9. The first kappa shape index (κ1) is 39.2. The van der Waals surface area contributed by atoms with Crippen molar-refractivity contribution in [1.82, 2.24) is 9.97 Å². The molecule has 3 heteroatoms. The van der Waals surface area contributed by atoms with Crippen molar-refractivity contribution < 1.29 is 0 Å². The van der Waals surface area contributed by atoms with E-state index in [-0.39, 0.29) is 21.7 Å². The molecule has 0 unspecified atom stereocenters. The van der Waals surface area contributed by atoms with E-state index in [2.05, 4.69) is 197 Å². The Morgan fingerprint density at radius 3 is 1.15 bits per heavy atom. The normalized spacial score (nSPS) is 16.8. The molecule has 296 valence electrons. The Morgan fingerprint density at radius 2 is 0.763 bits per heavy atom. The van der Waals surface area contributed by atoms with Gasteiger partial charge >= 0.3 is 0 Å². The van der Waals surface area contributed by atoms with E-state index in [1.807, 2.05) is 0 Å². The number of hydrogen-bond acceptors (Lipinski definition) is 2. The van der Waals surface area contributed by atoms with E-state index in [4.69, 9.17) is 21.6 Å². The lowest BCUT2D eigenvalue weighted by Crippen LogP contribution is -2.18. The topological polar surface area (TPSA) is 25.8 Å². The number of rotatable bonds is 6. The van der Waals surface area contributed by atoms with Crippen LogP contribution in [0, 0.1) is 13.8 Å². The third-order valence-electron chi connectivity index (χ3n) is 13.5. The van der Waals surface area contributed by atoms with E-state index in [1.54, 1.807) is 0 Å². The zero-order chi connectivity index (χ0) is 41.6. The molecular formula is C56H55ClN2. The van der Waals surface area contributed by atoms with Crippen molar-refractivity contribution in [3.05, 3.63) is 166 Å². The Morgan fingerprint density at radius 1 is 0.390 bits per heavy atom. The summed E-state index contributed by atoms with van der Waals surface area (Å²) in [5.41, 5.74) is 22.1. The zero-order valence-electron chi connectivity index (χ0n) is 36.3. The van der Waals surface area contributed by atoms with Gasteiger partial charge in [-0.15, -0.1) is 0 Å². The van der Waals surface area contributed by atoms with Gasteiger partial charge in [0.15, 0.2) is 0 Å². The molecule has 2 aromatic heterocycles. The first-order valence-corrected chi connectivity index (χ1v) is 21.5. The van der Waals surface area contributed by atoms with Crippen LogP contribution in [-0.4, -0.2) is 9.97 Å². The average Bonchev–Trinajstić information content (AvgIpc) is 3.51. The number of halogens is 1. The first-order chi connectivity index (χ1) is 27.9. The molecule has 0 amide bonds. The van der Waals surface area contributed by atoms with Gasteiger partial charge in [-0.3, -0.25) is 9.97 Å². The van der Waals surface area contributed by atoms with Gasteiger partial charge in [0, 0.05) is 39.7 Å². The molecule has 0 radical (unpaired) electrons. The lowest BCUT2D eigenvalue weighted by atomic mass is 9.82. The van der Waals surface area contributed by atoms with Gasteiger partial charge in [-0.2, -0.15) is 0 Å². The lowest BCUT2D eigenvalue weighted by Gasteiger charge is -2.22. The van der Waals surface area contributed by atoms with Crippen LogP contribution in [0.5, 0.6) is 0 Å². The first-order valence-electron chi connectivity index (χ1n) is 21.2. The van der Waals surface area contributed by atoms with Crippen LogP contribution in [-0.2, 0) is 21.7 Å². The van der Waals surface area contributed by atoms with E-state index in [9.17, 15) is 0 Å². The largest absolute Gasteiger partial charge is 0.256 e. The summed E-state index contributed by atoms with van der Waals surface area (Å²) >= 11 is 7.02. The fourth-order valence-electron chi connectivity index (χ4n) is 11.1. The van der Waals surface area contributed by atoms with Crippen molar-refractivity contribution in [2.24, 2.45) is 0 Å². The van der Waals surface area contributed by atoms with Gasteiger partial charge in [0.25, 0.3) is 0 Å². The van der Waals surface area contributed by atoms with Crippen molar-refractivity contribution in [3.8, 4) is 67.0 Å². The lowest BCUT2D eigenvalue weighted by molar-refractivity contribution is 0.402. The van der Waals surface area contributed by atoms with Gasteiger partial charge in [-0.1, -0.05) is 140 Å². The number of aromatic nitrogens is 2. The van der Waals surface area contributed by atoms with E-state index in [0.29, 0.717) is 5.02 Å². The second-order valence-electron chi connectivity index (χ2n) is 20.0. The summed E-state index contributed by atoms with van der Waals surface area (Å²) < 4.78 is 0. The molecule has 0 aliphatic heterocycles. The summed E-state index contributed by atoms with van der Waals surface area (Å²) in [5, 5.41) is 0.697. The molecule has 0 fully saturated rings. The summed E-state index contributed by atoms with van der Waals surface area (Å²) in [6.45, 7) is 23.3. The highest BCUT2D eigenvalue weighted by Gasteiger charge is 2.43. The van der Waals surface area contributed by atoms with E-state index in [1.165, 1.54) is 44.5 Å². The molecule has 0 atom stereocenters. The van der Waals surface area contributed by atoms with Gasteiger partial charge in [-0.05, 0) is 158 Å². The smallest absolute Gasteiger partial charge is 0.0705 e. The molecule has 0 bridgehead atoms. The van der Waals surface area contributed by atoms with Gasteiger partial charge in [-0.25, -0.2) is 0 Å². The summed E-state index contributed by atoms with van der Waals surface area (Å²) in [5.74, 6) is 0. The number of fused-ring (bicyclic) bond motifs is 2. The quantitative estimate of drug-likeness (QED) is 0.168. The Kier molecular flexibility index (Phi) is 9.22. The molecule has 0 saturated heterocycles. The highest BCUT2D eigenvalue weighted by atomic mass is 35.5. The van der Waals surface area contributed by atoms with Crippen LogP contribution >= 0.6 is 11.6 Å². The van der Waals surface area contributed by atoms with Gasteiger partial charge < -0.3 is 0 Å². The van der Waals surface area contributed by atoms with Crippen molar-refractivity contribution in [2.75, 3.05) is 0 Å². The van der Waals surface area contributed by atoms with Gasteiger partial charge in [0.2, 0.25) is 0 Å². The molecule has 0 spiro atoms. The van der Waals surface area contributed by atoms with E-state index in [0.717, 1.165) is 68.7 Å². The molecule has 9 rings (SSSR count). The highest BCUT2D eigenvalue weighted by Crippen LogP contribution is 2.52. The third-order valence-corrected chi connectivity index (χ3v) is 13.7. The summed E-state index contributed by atoms with van der Waals surface area (Å²) in [4.78, 5) is 10.2. The van der Waals surface area contributed by atoms with Crippen LogP contribution in [0.1, 0.15) is 102 Å². The van der Waals surface area contributed by atoms with Crippen molar-refractivity contribution >= 4 is 11.6 Å². The Labute approximate surface area is 356 Å². The second-order valence-corrected chi connectivity index (χ2v) is 20.4. The molecule has 2 nitrogen and oxygen atoms in total. The number of pyridine rings is 2. The van der Waals surface area contributed by atoms with Crippen molar-refractivity contribution in [1.29, 1.82) is 0 Å². The van der Waals surface area contributed by atoms with E-state index < -0.39 is 0 Å². The van der Waals surface area contributed by atoms with Crippen LogP contribution < -0.4 is 0 Å². The predicted molar refractivity (Wildman–Crippen MR) is 250 cm³/mol.